The van der Waals surface area contributed by atoms with Crippen LogP contribution in [0.15, 0.2) is 6.33 Å². The van der Waals surface area contributed by atoms with Crippen LogP contribution in [0.4, 0.5) is 5.82 Å². The van der Waals surface area contributed by atoms with Crippen molar-refractivity contribution in [3.63, 3.8) is 0 Å². The predicted molar refractivity (Wildman–Crippen MR) is 62.2 cm³/mol. The summed E-state index contributed by atoms with van der Waals surface area (Å²) in [5.41, 5.74) is 2.65. The van der Waals surface area contributed by atoms with Crippen molar-refractivity contribution in [2.45, 2.75) is 45.4 Å². The smallest absolute Gasteiger partial charge is 0.132 e. The summed E-state index contributed by atoms with van der Waals surface area (Å²) < 4.78 is 0. The van der Waals surface area contributed by atoms with Crippen LogP contribution in [-0.4, -0.2) is 16.5 Å². The van der Waals surface area contributed by atoms with Gasteiger partial charge in [0.2, 0.25) is 0 Å². The van der Waals surface area contributed by atoms with E-state index in [-0.39, 0.29) is 0 Å². The van der Waals surface area contributed by atoms with Crippen LogP contribution in [0.25, 0.3) is 0 Å². The third-order valence-electron chi connectivity index (χ3n) is 2.79. The van der Waals surface area contributed by atoms with Gasteiger partial charge in [-0.05, 0) is 26.2 Å². The number of nitrogens with one attached hydrogen (secondary N) is 1. The minimum absolute atomic E-state index is 0.715. The second-order valence-electron chi connectivity index (χ2n) is 4.14. The van der Waals surface area contributed by atoms with Gasteiger partial charge in [-0.3, -0.25) is 0 Å². The molecule has 1 fully saturated rings. The van der Waals surface area contributed by atoms with Gasteiger partial charge >= 0.3 is 0 Å². The summed E-state index contributed by atoms with van der Waals surface area (Å²) >= 11 is 0. The van der Waals surface area contributed by atoms with E-state index in [0.29, 0.717) is 5.92 Å². The van der Waals surface area contributed by atoms with Crippen molar-refractivity contribution in [2.24, 2.45) is 0 Å². The SMILES string of the molecule is CCCc1c(NCC)ncnc1C1CC1. The fourth-order valence-corrected chi connectivity index (χ4v) is 1.95. The first-order valence-corrected chi connectivity index (χ1v) is 5.94. The average molecular weight is 205 g/mol. The molecule has 0 saturated heterocycles. The van der Waals surface area contributed by atoms with Crippen LogP contribution in [0.1, 0.15) is 50.3 Å². The van der Waals surface area contributed by atoms with Crippen LogP contribution < -0.4 is 5.32 Å². The minimum atomic E-state index is 0.715. The number of aromatic nitrogens is 2. The van der Waals surface area contributed by atoms with Gasteiger partial charge in [0.05, 0.1) is 5.69 Å². The Balaban J connectivity index is 2.31. The Bertz CT molecular complexity index is 332. The Kier molecular flexibility index (Phi) is 3.19. The second-order valence-corrected chi connectivity index (χ2v) is 4.14. The molecular formula is C12H19N3. The molecule has 1 aliphatic rings. The van der Waals surface area contributed by atoms with E-state index in [1.807, 2.05) is 0 Å². The molecule has 15 heavy (non-hydrogen) atoms. The predicted octanol–water partition coefficient (Wildman–Crippen LogP) is 2.74. The number of anilines is 1. The molecule has 0 spiro atoms. The lowest BCUT2D eigenvalue weighted by atomic mass is 10.1. The third-order valence-corrected chi connectivity index (χ3v) is 2.79. The van der Waals surface area contributed by atoms with Gasteiger partial charge in [-0.25, -0.2) is 9.97 Å². The first kappa shape index (κ1) is 10.4. The highest BCUT2D eigenvalue weighted by Crippen LogP contribution is 2.41. The molecule has 1 saturated carbocycles. The monoisotopic (exact) mass is 205 g/mol. The highest BCUT2D eigenvalue weighted by Gasteiger charge is 2.28. The molecule has 0 aliphatic heterocycles. The van der Waals surface area contributed by atoms with Gasteiger partial charge in [-0.15, -0.1) is 0 Å². The van der Waals surface area contributed by atoms with Gasteiger partial charge in [0.1, 0.15) is 12.1 Å². The molecule has 3 heteroatoms. The lowest BCUT2D eigenvalue weighted by molar-refractivity contribution is 0.853. The summed E-state index contributed by atoms with van der Waals surface area (Å²) in [7, 11) is 0. The molecule has 82 valence electrons. The van der Waals surface area contributed by atoms with Gasteiger partial charge in [0.25, 0.3) is 0 Å². The molecule has 1 aromatic rings. The van der Waals surface area contributed by atoms with E-state index in [0.717, 1.165) is 25.2 Å². The lowest BCUT2D eigenvalue weighted by Crippen LogP contribution is -2.07. The van der Waals surface area contributed by atoms with Gasteiger partial charge < -0.3 is 5.32 Å². The van der Waals surface area contributed by atoms with E-state index < -0.39 is 0 Å². The Morgan fingerprint density at radius 3 is 2.73 bits per heavy atom. The van der Waals surface area contributed by atoms with Crippen molar-refractivity contribution in [1.82, 2.24) is 9.97 Å². The lowest BCUT2D eigenvalue weighted by Gasteiger charge is -2.12. The maximum Gasteiger partial charge on any atom is 0.132 e. The highest BCUT2D eigenvalue weighted by molar-refractivity contribution is 5.47. The Morgan fingerprint density at radius 2 is 2.13 bits per heavy atom. The molecule has 1 aliphatic carbocycles. The zero-order chi connectivity index (χ0) is 10.7. The largest absolute Gasteiger partial charge is 0.370 e. The zero-order valence-corrected chi connectivity index (χ0v) is 9.58. The van der Waals surface area contributed by atoms with E-state index in [1.54, 1.807) is 6.33 Å². The molecule has 0 radical (unpaired) electrons. The second kappa shape index (κ2) is 4.60. The van der Waals surface area contributed by atoms with Gasteiger partial charge in [0, 0.05) is 18.0 Å². The summed E-state index contributed by atoms with van der Waals surface area (Å²) in [4.78, 5) is 8.79. The van der Waals surface area contributed by atoms with Crippen molar-refractivity contribution in [1.29, 1.82) is 0 Å². The van der Waals surface area contributed by atoms with Gasteiger partial charge in [-0.1, -0.05) is 13.3 Å². The van der Waals surface area contributed by atoms with Gasteiger partial charge in [-0.2, -0.15) is 0 Å². The van der Waals surface area contributed by atoms with E-state index in [2.05, 4.69) is 29.1 Å². The van der Waals surface area contributed by atoms with Crippen LogP contribution in [-0.2, 0) is 6.42 Å². The molecule has 0 unspecified atom stereocenters. The third kappa shape index (κ3) is 2.28. The van der Waals surface area contributed by atoms with Crippen molar-refractivity contribution in [3.8, 4) is 0 Å². The summed E-state index contributed by atoms with van der Waals surface area (Å²) in [5.74, 6) is 1.77. The van der Waals surface area contributed by atoms with Crippen LogP contribution in [0.2, 0.25) is 0 Å². The number of nitrogens with zero attached hydrogens (tertiary/aromatic N) is 2. The highest BCUT2D eigenvalue weighted by atomic mass is 15.0. The standard InChI is InChI=1S/C12H19N3/c1-3-5-10-11(9-6-7-9)14-8-15-12(10)13-4-2/h8-9H,3-7H2,1-2H3,(H,13,14,15). The number of hydrogen-bond acceptors (Lipinski definition) is 3. The Hall–Kier alpha value is -1.12. The first-order valence-electron chi connectivity index (χ1n) is 5.94. The molecule has 3 nitrogen and oxygen atoms in total. The summed E-state index contributed by atoms with van der Waals surface area (Å²) in [6.45, 7) is 5.24. The van der Waals surface area contributed by atoms with E-state index >= 15 is 0 Å². The topological polar surface area (TPSA) is 37.8 Å². The van der Waals surface area contributed by atoms with Crippen LogP contribution in [0.5, 0.6) is 0 Å². The van der Waals surface area contributed by atoms with Crippen LogP contribution >= 0.6 is 0 Å². The molecule has 0 atom stereocenters. The summed E-state index contributed by atoms with van der Waals surface area (Å²) in [6, 6.07) is 0. The maximum atomic E-state index is 4.45. The van der Waals surface area contributed by atoms with Crippen molar-refractivity contribution in [3.05, 3.63) is 17.6 Å². The van der Waals surface area contributed by atoms with E-state index in [1.165, 1.54) is 24.1 Å². The molecule has 1 heterocycles. The van der Waals surface area contributed by atoms with Crippen molar-refractivity contribution in [2.75, 3.05) is 11.9 Å². The molecule has 1 N–H and O–H groups in total. The average Bonchev–Trinajstić information content (AvgIpc) is 3.05. The molecule has 0 bridgehead atoms. The summed E-state index contributed by atoms with van der Waals surface area (Å²) in [6.07, 6.45) is 6.56. The van der Waals surface area contributed by atoms with E-state index in [4.69, 9.17) is 0 Å². The molecule has 0 aromatic carbocycles. The molecule has 2 rings (SSSR count). The van der Waals surface area contributed by atoms with Gasteiger partial charge in [0.15, 0.2) is 0 Å². The Morgan fingerprint density at radius 1 is 1.33 bits per heavy atom. The van der Waals surface area contributed by atoms with Crippen molar-refractivity contribution < 1.29 is 0 Å². The van der Waals surface area contributed by atoms with Crippen molar-refractivity contribution >= 4 is 5.82 Å². The summed E-state index contributed by atoms with van der Waals surface area (Å²) in [5, 5.41) is 3.33. The fraction of sp³-hybridized carbons (Fsp3) is 0.667. The molecule has 0 amide bonds. The normalized spacial score (nSPS) is 15.3. The number of rotatable bonds is 5. The minimum Gasteiger partial charge on any atom is -0.370 e. The molecule has 1 aromatic heterocycles. The van der Waals surface area contributed by atoms with Crippen LogP contribution in [0.3, 0.4) is 0 Å². The van der Waals surface area contributed by atoms with E-state index in [9.17, 15) is 0 Å². The quantitative estimate of drug-likeness (QED) is 0.803. The first-order chi connectivity index (χ1) is 7.36. The van der Waals surface area contributed by atoms with Crippen LogP contribution in [0, 0.1) is 0 Å². The zero-order valence-electron chi connectivity index (χ0n) is 9.58. The number of hydrogen-bond donors (Lipinski definition) is 1. The Labute approximate surface area is 91.3 Å². The maximum absolute atomic E-state index is 4.45. The fourth-order valence-electron chi connectivity index (χ4n) is 1.95. The molecular weight excluding hydrogens is 186 g/mol.